The lowest BCUT2D eigenvalue weighted by atomic mass is 9.99. The van der Waals surface area contributed by atoms with Gasteiger partial charge in [0, 0.05) is 4.88 Å². The number of anilines is 2. The molecule has 24 heavy (non-hydrogen) atoms. The Morgan fingerprint density at radius 3 is 2.54 bits per heavy atom. The predicted octanol–water partition coefficient (Wildman–Crippen LogP) is 4.85. The molecule has 0 fully saturated rings. The number of carbonyl (C=O) groups is 1. The molecule has 1 aliphatic carbocycles. The highest BCUT2D eigenvalue weighted by atomic mass is 32.1. The average Bonchev–Trinajstić information content (AvgIpc) is 2.97. The summed E-state index contributed by atoms with van der Waals surface area (Å²) < 4.78 is 37.2. The van der Waals surface area contributed by atoms with Crippen LogP contribution in [-0.2, 0) is 12.8 Å². The quantitative estimate of drug-likeness (QED) is 0.824. The molecule has 3 rings (SSSR count). The molecule has 1 aromatic carbocycles. The van der Waals surface area contributed by atoms with Gasteiger partial charge in [-0.25, -0.2) is 0 Å². The van der Waals surface area contributed by atoms with E-state index in [1.54, 1.807) is 18.2 Å². The fourth-order valence-electron chi connectivity index (χ4n) is 2.73. The minimum absolute atomic E-state index is 0.254. The SMILES string of the molecule is O=C(Nc1ccccc1NCC(F)(F)F)c1cc2c(s1)CCCC2. The van der Waals surface area contributed by atoms with E-state index in [-0.39, 0.29) is 11.6 Å². The second-order valence-corrected chi connectivity index (χ2v) is 6.87. The van der Waals surface area contributed by atoms with Crippen LogP contribution in [-0.4, -0.2) is 18.6 Å². The standard InChI is InChI=1S/C17H17F3N2OS/c18-17(19,20)10-21-12-6-2-3-7-13(12)22-16(23)15-9-11-5-1-4-8-14(11)24-15/h2-3,6-7,9,21H,1,4-5,8,10H2,(H,22,23). The summed E-state index contributed by atoms with van der Waals surface area (Å²) in [4.78, 5) is 14.3. The van der Waals surface area contributed by atoms with E-state index in [0.29, 0.717) is 10.6 Å². The van der Waals surface area contributed by atoms with Crippen LogP contribution in [0.2, 0.25) is 0 Å². The van der Waals surface area contributed by atoms with Crippen molar-refractivity contribution >= 4 is 28.6 Å². The maximum Gasteiger partial charge on any atom is 0.405 e. The lowest BCUT2D eigenvalue weighted by Gasteiger charge is -2.14. The minimum Gasteiger partial charge on any atom is -0.375 e. The number of para-hydroxylation sites is 2. The van der Waals surface area contributed by atoms with Crippen LogP contribution in [0.3, 0.4) is 0 Å². The van der Waals surface area contributed by atoms with Crippen LogP contribution in [0.25, 0.3) is 0 Å². The summed E-state index contributed by atoms with van der Waals surface area (Å²) in [6.07, 6.45) is -0.0580. The van der Waals surface area contributed by atoms with Gasteiger partial charge in [0.2, 0.25) is 0 Å². The summed E-state index contributed by atoms with van der Waals surface area (Å²) in [5, 5.41) is 5.04. The molecule has 1 heterocycles. The predicted molar refractivity (Wildman–Crippen MR) is 89.9 cm³/mol. The molecular weight excluding hydrogens is 337 g/mol. The molecule has 0 saturated heterocycles. The van der Waals surface area contributed by atoms with Gasteiger partial charge in [-0.1, -0.05) is 12.1 Å². The van der Waals surface area contributed by atoms with Crippen LogP contribution >= 0.6 is 11.3 Å². The van der Waals surface area contributed by atoms with Gasteiger partial charge in [-0.2, -0.15) is 13.2 Å². The van der Waals surface area contributed by atoms with Gasteiger partial charge >= 0.3 is 6.18 Å². The topological polar surface area (TPSA) is 41.1 Å². The highest BCUT2D eigenvalue weighted by Gasteiger charge is 2.27. The van der Waals surface area contributed by atoms with Crippen molar-refractivity contribution in [3.8, 4) is 0 Å². The van der Waals surface area contributed by atoms with Crippen molar-refractivity contribution in [3.05, 3.63) is 45.6 Å². The van der Waals surface area contributed by atoms with Crippen LogP contribution in [0, 0.1) is 0 Å². The monoisotopic (exact) mass is 354 g/mol. The van der Waals surface area contributed by atoms with E-state index in [1.807, 2.05) is 6.07 Å². The Bertz CT molecular complexity index is 716. The Balaban J connectivity index is 1.73. The third-order valence-electron chi connectivity index (χ3n) is 3.87. The Labute approximate surface area is 141 Å². The van der Waals surface area contributed by atoms with Gasteiger partial charge in [-0.05, 0) is 49.4 Å². The van der Waals surface area contributed by atoms with Crippen LogP contribution < -0.4 is 10.6 Å². The number of hydrogen-bond donors (Lipinski definition) is 2. The van der Waals surface area contributed by atoms with Crippen LogP contribution in [0.5, 0.6) is 0 Å². The molecular formula is C17H17F3N2OS. The van der Waals surface area contributed by atoms with Crippen LogP contribution in [0.4, 0.5) is 24.5 Å². The van der Waals surface area contributed by atoms with E-state index >= 15 is 0 Å². The highest BCUT2D eigenvalue weighted by Crippen LogP contribution is 2.31. The van der Waals surface area contributed by atoms with E-state index in [2.05, 4.69) is 10.6 Å². The zero-order valence-electron chi connectivity index (χ0n) is 12.9. The third-order valence-corrected chi connectivity index (χ3v) is 5.11. The van der Waals surface area contributed by atoms with E-state index < -0.39 is 12.7 Å². The number of rotatable bonds is 4. The van der Waals surface area contributed by atoms with Crippen molar-refractivity contribution in [2.75, 3.05) is 17.2 Å². The molecule has 1 amide bonds. The number of nitrogens with one attached hydrogen (secondary N) is 2. The molecule has 3 nitrogen and oxygen atoms in total. The van der Waals surface area contributed by atoms with Gasteiger partial charge in [0.15, 0.2) is 0 Å². The van der Waals surface area contributed by atoms with Gasteiger partial charge in [-0.3, -0.25) is 4.79 Å². The lowest BCUT2D eigenvalue weighted by molar-refractivity contribution is -0.115. The summed E-state index contributed by atoms with van der Waals surface area (Å²) in [7, 11) is 0. The summed E-state index contributed by atoms with van der Waals surface area (Å²) in [5.41, 5.74) is 1.82. The smallest absolute Gasteiger partial charge is 0.375 e. The first kappa shape index (κ1) is 16.8. The second-order valence-electron chi connectivity index (χ2n) is 5.73. The first-order valence-corrected chi connectivity index (χ1v) is 8.56. The molecule has 0 aliphatic heterocycles. The Morgan fingerprint density at radius 1 is 1.12 bits per heavy atom. The normalized spacial score (nSPS) is 14.1. The largest absolute Gasteiger partial charge is 0.405 e. The van der Waals surface area contributed by atoms with E-state index in [9.17, 15) is 18.0 Å². The summed E-state index contributed by atoms with van der Waals surface area (Å²) in [6, 6.07) is 8.30. The number of thiophene rings is 1. The minimum atomic E-state index is -4.32. The summed E-state index contributed by atoms with van der Waals surface area (Å²) >= 11 is 1.47. The molecule has 0 atom stereocenters. The van der Waals surface area contributed by atoms with Gasteiger partial charge < -0.3 is 10.6 Å². The number of amides is 1. The first-order chi connectivity index (χ1) is 11.4. The molecule has 0 radical (unpaired) electrons. The third kappa shape index (κ3) is 4.08. The second kappa shape index (κ2) is 6.84. The Kier molecular flexibility index (Phi) is 4.80. The van der Waals surface area contributed by atoms with Crippen molar-refractivity contribution in [3.63, 3.8) is 0 Å². The van der Waals surface area contributed by atoms with Crippen molar-refractivity contribution in [2.24, 2.45) is 0 Å². The molecule has 128 valence electrons. The number of halogens is 3. The fraction of sp³-hybridized carbons (Fsp3) is 0.353. The van der Waals surface area contributed by atoms with Crippen molar-refractivity contribution in [2.45, 2.75) is 31.9 Å². The maximum absolute atomic E-state index is 12.4. The van der Waals surface area contributed by atoms with Crippen molar-refractivity contribution < 1.29 is 18.0 Å². The molecule has 0 saturated carbocycles. The zero-order chi connectivity index (χ0) is 17.2. The highest BCUT2D eigenvalue weighted by molar-refractivity contribution is 7.14. The average molecular weight is 354 g/mol. The van der Waals surface area contributed by atoms with E-state index in [1.165, 1.54) is 27.8 Å². The Hall–Kier alpha value is -2.02. The molecule has 0 spiro atoms. The lowest BCUT2D eigenvalue weighted by Crippen LogP contribution is -2.22. The van der Waals surface area contributed by atoms with E-state index in [0.717, 1.165) is 25.7 Å². The molecule has 2 N–H and O–H groups in total. The molecule has 1 aromatic heterocycles. The van der Waals surface area contributed by atoms with Gasteiger partial charge in [0.1, 0.15) is 6.54 Å². The maximum atomic E-state index is 12.4. The summed E-state index contributed by atoms with van der Waals surface area (Å²) in [6.45, 7) is -1.15. The molecule has 0 bridgehead atoms. The zero-order valence-corrected chi connectivity index (χ0v) is 13.7. The molecule has 1 aliphatic rings. The summed E-state index contributed by atoms with van der Waals surface area (Å²) in [5.74, 6) is -0.282. The number of aryl methyl sites for hydroxylation is 2. The number of carbonyl (C=O) groups excluding carboxylic acids is 1. The number of fused-ring (bicyclic) bond motifs is 1. The van der Waals surface area contributed by atoms with Crippen LogP contribution in [0.1, 0.15) is 33.0 Å². The van der Waals surface area contributed by atoms with Crippen molar-refractivity contribution in [1.29, 1.82) is 0 Å². The van der Waals surface area contributed by atoms with Gasteiger partial charge in [0.05, 0.1) is 16.3 Å². The van der Waals surface area contributed by atoms with Crippen molar-refractivity contribution in [1.82, 2.24) is 0 Å². The van der Waals surface area contributed by atoms with Gasteiger partial charge in [-0.15, -0.1) is 11.3 Å². The number of hydrogen-bond acceptors (Lipinski definition) is 3. The fourth-order valence-corrected chi connectivity index (χ4v) is 3.88. The van der Waals surface area contributed by atoms with Crippen LogP contribution in [0.15, 0.2) is 30.3 Å². The molecule has 7 heteroatoms. The number of benzene rings is 1. The first-order valence-electron chi connectivity index (χ1n) is 7.75. The van der Waals surface area contributed by atoms with Gasteiger partial charge in [0.25, 0.3) is 5.91 Å². The molecule has 0 unspecified atom stereocenters. The Morgan fingerprint density at radius 2 is 1.83 bits per heavy atom. The van der Waals surface area contributed by atoms with E-state index in [4.69, 9.17) is 0 Å². The number of alkyl halides is 3. The molecule has 2 aromatic rings.